The number of hydrazine groups is 1. The second kappa shape index (κ2) is 7.76. The highest BCUT2D eigenvalue weighted by Crippen LogP contribution is 2.34. The molecule has 4 rings (SSSR count). The summed E-state index contributed by atoms with van der Waals surface area (Å²) in [4.78, 5) is 24.4. The van der Waals surface area contributed by atoms with Crippen LogP contribution in [0, 0.1) is 0 Å². The molecule has 154 valence electrons. The van der Waals surface area contributed by atoms with Crippen molar-refractivity contribution < 1.29 is 31.9 Å². The first-order valence-corrected chi connectivity index (χ1v) is 10.5. The van der Waals surface area contributed by atoms with Gasteiger partial charge in [0.15, 0.2) is 17.3 Å². The molecule has 1 saturated heterocycles. The van der Waals surface area contributed by atoms with Gasteiger partial charge in [-0.25, -0.2) is 8.42 Å². The number of hydrogen-bond donors (Lipinski definition) is 2. The summed E-state index contributed by atoms with van der Waals surface area (Å²) in [6, 6.07) is 6.40. The van der Waals surface area contributed by atoms with Crippen LogP contribution in [0.4, 0.5) is 0 Å². The van der Waals surface area contributed by atoms with E-state index in [1.54, 1.807) is 0 Å². The average molecular weight is 421 g/mol. The van der Waals surface area contributed by atoms with Crippen LogP contribution in [0.3, 0.4) is 0 Å². The molecule has 2 amide bonds. The van der Waals surface area contributed by atoms with Gasteiger partial charge in [-0.3, -0.25) is 20.4 Å². The van der Waals surface area contributed by atoms with Crippen molar-refractivity contribution in [2.75, 3.05) is 19.8 Å². The summed E-state index contributed by atoms with van der Waals surface area (Å²) < 4.78 is 43.2. The van der Waals surface area contributed by atoms with Gasteiger partial charge in [-0.15, -0.1) is 0 Å². The summed E-state index contributed by atoms with van der Waals surface area (Å²) in [5, 5.41) is 0. The van der Waals surface area contributed by atoms with Crippen molar-refractivity contribution in [3.05, 3.63) is 42.4 Å². The average Bonchev–Trinajstić information content (AvgIpc) is 3.43. The summed E-state index contributed by atoms with van der Waals surface area (Å²) in [5.41, 5.74) is 4.49. The third-order valence-electron chi connectivity index (χ3n) is 4.67. The number of ether oxygens (including phenoxy) is 2. The summed E-state index contributed by atoms with van der Waals surface area (Å²) in [6.45, 7) is 0.929. The van der Waals surface area contributed by atoms with E-state index in [-0.39, 0.29) is 17.2 Å². The Bertz CT molecular complexity index is 1020. The van der Waals surface area contributed by atoms with Crippen LogP contribution < -0.4 is 20.3 Å². The normalized spacial score (nSPS) is 19.0. The van der Waals surface area contributed by atoms with Gasteiger partial charge in [-0.1, -0.05) is 0 Å². The van der Waals surface area contributed by atoms with E-state index in [1.165, 1.54) is 36.6 Å². The number of furan rings is 1. The van der Waals surface area contributed by atoms with E-state index < -0.39 is 27.9 Å². The van der Waals surface area contributed by atoms with Crippen LogP contribution >= 0.6 is 0 Å². The van der Waals surface area contributed by atoms with Gasteiger partial charge in [0, 0.05) is 12.6 Å². The van der Waals surface area contributed by atoms with Crippen LogP contribution in [0.5, 0.6) is 11.5 Å². The molecule has 3 heterocycles. The lowest BCUT2D eigenvalue weighted by Gasteiger charge is -2.24. The van der Waals surface area contributed by atoms with E-state index in [9.17, 15) is 18.0 Å². The van der Waals surface area contributed by atoms with Gasteiger partial charge < -0.3 is 13.9 Å². The molecule has 1 aromatic heterocycles. The number of carbonyl (C=O) groups is 2. The van der Waals surface area contributed by atoms with Crippen LogP contribution in [0.15, 0.2) is 45.9 Å². The maximum Gasteiger partial charge on any atom is 0.305 e. The van der Waals surface area contributed by atoms with Crippen molar-refractivity contribution in [3.63, 3.8) is 0 Å². The Kier molecular flexibility index (Phi) is 5.16. The fourth-order valence-electron chi connectivity index (χ4n) is 3.28. The molecule has 0 saturated carbocycles. The van der Waals surface area contributed by atoms with Crippen LogP contribution in [0.25, 0.3) is 0 Å². The Labute approximate surface area is 166 Å². The molecular weight excluding hydrogens is 402 g/mol. The largest absolute Gasteiger partial charge is 0.486 e. The second-order valence-electron chi connectivity index (χ2n) is 6.50. The first kappa shape index (κ1) is 19.3. The molecule has 0 radical (unpaired) electrons. The number of sulfonamides is 1. The minimum atomic E-state index is -3.94. The summed E-state index contributed by atoms with van der Waals surface area (Å²) in [6.07, 6.45) is 2.19. The number of nitrogens with one attached hydrogen (secondary N) is 2. The molecule has 2 aliphatic rings. The number of nitrogens with zero attached hydrogens (tertiary/aromatic N) is 1. The molecule has 11 heteroatoms. The predicted molar refractivity (Wildman–Crippen MR) is 98.7 cm³/mol. The van der Waals surface area contributed by atoms with E-state index in [0.29, 0.717) is 37.6 Å². The third kappa shape index (κ3) is 3.78. The van der Waals surface area contributed by atoms with Crippen molar-refractivity contribution in [1.29, 1.82) is 0 Å². The first-order chi connectivity index (χ1) is 14.0. The third-order valence-corrected chi connectivity index (χ3v) is 6.57. The van der Waals surface area contributed by atoms with E-state index >= 15 is 0 Å². The van der Waals surface area contributed by atoms with Crippen LogP contribution in [0.2, 0.25) is 0 Å². The van der Waals surface area contributed by atoms with Gasteiger partial charge in [0.1, 0.15) is 19.3 Å². The molecule has 2 aromatic rings. The quantitative estimate of drug-likeness (QED) is 0.695. The number of hydrogen-bond acceptors (Lipinski definition) is 7. The number of rotatable bonds is 4. The van der Waals surface area contributed by atoms with Crippen molar-refractivity contribution in [2.24, 2.45) is 0 Å². The maximum absolute atomic E-state index is 13.1. The van der Waals surface area contributed by atoms with E-state index in [2.05, 4.69) is 10.9 Å². The fourth-order valence-corrected chi connectivity index (χ4v) is 4.95. The fraction of sp³-hybridized carbons (Fsp3) is 0.333. The number of carbonyl (C=O) groups excluding carboxylic acids is 2. The van der Waals surface area contributed by atoms with Crippen molar-refractivity contribution in [3.8, 4) is 11.5 Å². The summed E-state index contributed by atoms with van der Waals surface area (Å²) in [5.74, 6) is -0.404. The zero-order valence-corrected chi connectivity index (χ0v) is 16.1. The second-order valence-corrected chi connectivity index (χ2v) is 8.39. The van der Waals surface area contributed by atoms with Crippen LogP contribution in [-0.2, 0) is 14.8 Å². The van der Waals surface area contributed by atoms with E-state index in [1.807, 2.05) is 0 Å². The molecule has 1 aromatic carbocycles. The Morgan fingerprint density at radius 3 is 2.62 bits per heavy atom. The molecule has 1 fully saturated rings. The van der Waals surface area contributed by atoms with E-state index in [0.717, 1.165) is 4.31 Å². The van der Waals surface area contributed by atoms with Crippen molar-refractivity contribution >= 4 is 21.8 Å². The molecule has 0 spiro atoms. The van der Waals surface area contributed by atoms with Crippen molar-refractivity contribution in [1.82, 2.24) is 15.2 Å². The standard InChI is InChI=1S/C18H19N3O7S/c22-17(19-20-18(23)15-4-2-8-26-15)13-3-1-7-21(13)29(24,25)12-5-6-14-16(11-12)28-10-9-27-14/h2,4-6,8,11,13H,1,3,7,9-10H2,(H,19,22)(H,20,23)/t13-/m1/s1. The lowest BCUT2D eigenvalue weighted by Crippen LogP contribution is -2.51. The monoisotopic (exact) mass is 421 g/mol. The zero-order valence-electron chi connectivity index (χ0n) is 15.3. The van der Waals surface area contributed by atoms with Gasteiger partial charge in [0.2, 0.25) is 10.0 Å². The molecule has 0 unspecified atom stereocenters. The van der Waals surface area contributed by atoms with Crippen molar-refractivity contribution in [2.45, 2.75) is 23.8 Å². The van der Waals surface area contributed by atoms with Gasteiger partial charge in [-0.2, -0.15) is 4.31 Å². The smallest absolute Gasteiger partial charge is 0.305 e. The predicted octanol–water partition coefficient (Wildman–Crippen LogP) is 0.665. The lowest BCUT2D eigenvalue weighted by atomic mass is 10.2. The SMILES string of the molecule is O=C(NNC(=O)[C@H]1CCCN1S(=O)(=O)c1ccc2c(c1)OCCO2)c1ccco1. The minimum Gasteiger partial charge on any atom is -0.486 e. The Morgan fingerprint density at radius 1 is 1.07 bits per heavy atom. The summed E-state index contributed by atoms with van der Waals surface area (Å²) >= 11 is 0. The summed E-state index contributed by atoms with van der Waals surface area (Å²) in [7, 11) is -3.94. The first-order valence-electron chi connectivity index (χ1n) is 9.02. The lowest BCUT2D eigenvalue weighted by molar-refractivity contribution is -0.125. The van der Waals surface area contributed by atoms with Crippen LogP contribution in [0.1, 0.15) is 23.4 Å². The van der Waals surface area contributed by atoms with Gasteiger partial charge in [-0.05, 0) is 37.1 Å². The van der Waals surface area contributed by atoms with Gasteiger partial charge in [0.25, 0.3) is 5.91 Å². The highest BCUT2D eigenvalue weighted by atomic mass is 32.2. The van der Waals surface area contributed by atoms with Gasteiger partial charge >= 0.3 is 5.91 Å². The molecule has 29 heavy (non-hydrogen) atoms. The Morgan fingerprint density at radius 2 is 1.86 bits per heavy atom. The Hall–Kier alpha value is -3.05. The minimum absolute atomic E-state index is 0.0149. The highest BCUT2D eigenvalue weighted by Gasteiger charge is 2.40. The topological polar surface area (TPSA) is 127 Å². The maximum atomic E-state index is 13.1. The molecule has 0 aliphatic carbocycles. The Balaban J connectivity index is 1.48. The number of benzene rings is 1. The molecule has 1 atom stereocenters. The number of fused-ring (bicyclic) bond motifs is 1. The molecular formula is C18H19N3O7S. The van der Waals surface area contributed by atoms with Gasteiger partial charge in [0.05, 0.1) is 11.2 Å². The molecule has 2 N–H and O–H groups in total. The zero-order chi connectivity index (χ0) is 20.4. The highest BCUT2D eigenvalue weighted by molar-refractivity contribution is 7.89. The van der Waals surface area contributed by atoms with E-state index in [4.69, 9.17) is 13.9 Å². The molecule has 0 bridgehead atoms. The number of amides is 2. The molecule has 10 nitrogen and oxygen atoms in total. The molecule has 2 aliphatic heterocycles. The van der Waals surface area contributed by atoms with Crippen LogP contribution in [-0.4, -0.2) is 50.3 Å².